The molecule has 3 aliphatic rings. The Bertz CT molecular complexity index is 1200. The molecule has 0 N–H and O–H groups in total. The molecule has 1 heterocycles. The van der Waals surface area contributed by atoms with Crippen molar-refractivity contribution in [1.82, 2.24) is 9.21 Å². The van der Waals surface area contributed by atoms with Gasteiger partial charge in [-0.3, -0.25) is 19.3 Å². The number of sulfonamides is 1. The Balaban J connectivity index is 1.65. The second-order valence-electron chi connectivity index (χ2n) is 12.8. The molecule has 4 rings (SSSR count). The summed E-state index contributed by atoms with van der Waals surface area (Å²) < 4.78 is 29.3. The van der Waals surface area contributed by atoms with E-state index in [1.807, 2.05) is 41.5 Å². The van der Waals surface area contributed by atoms with Gasteiger partial charge in [0.25, 0.3) is 11.8 Å². The number of imide groups is 1. The van der Waals surface area contributed by atoms with Gasteiger partial charge in [0, 0.05) is 22.7 Å². The van der Waals surface area contributed by atoms with Crippen LogP contribution in [-0.4, -0.2) is 63.7 Å². The number of thioether (sulfide) groups is 1. The van der Waals surface area contributed by atoms with Crippen LogP contribution < -0.4 is 0 Å². The van der Waals surface area contributed by atoms with Crippen LogP contribution in [0.2, 0.25) is 0 Å². The molecule has 2 aliphatic carbocycles. The molecule has 38 heavy (non-hydrogen) atoms. The molecule has 1 aromatic rings. The zero-order valence-electron chi connectivity index (χ0n) is 23.9. The van der Waals surface area contributed by atoms with Gasteiger partial charge in [-0.05, 0) is 76.3 Å². The van der Waals surface area contributed by atoms with Gasteiger partial charge in [-0.25, -0.2) is 8.42 Å². The Morgan fingerprint density at radius 2 is 1.55 bits per heavy atom. The van der Waals surface area contributed by atoms with Crippen molar-refractivity contribution in [3.8, 4) is 0 Å². The first kappa shape index (κ1) is 29.3. The quantitative estimate of drug-likeness (QED) is 0.384. The second-order valence-corrected chi connectivity index (χ2v) is 15.8. The third-order valence-corrected chi connectivity index (χ3v) is 13.1. The van der Waals surface area contributed by atoms with Crippen LogP contribution in [0.25, 0.3) is 0 Å². The molecule has 9 heteroatoms. The fourth-order valence-electron chi connectivity index (χ4n) is 7.49. The average Bonchev–Trinajstić information content (AvgIpc) is 3.26. The minimum absolute atomic E-state index is 0.00414. The van der Waals surface area contributed by atoms with Crippen molar-refractivity contribution in [3.05, 3.63) is 35.4 Å². The van der Waals surface area contributed by atoms with Crippen molar-refractivity contribution < 1.29 is 22.8 Å². The van der Waals surface area contributed by atoms with Gasteiger partial charge >= 0.3 is 0 Å². The number of fused-ring (bicyclic) bond motifs is 3. The molecular weight excluding hydrogens is 520 g/mol. The summed E-state index contributed by atoms with van der Waals surface area (Å²) in [7, 11) is -3.60. The third-order valence-electron chi connectivity index (χ3n) is 9.37. The first-order valence-corrected chi connectivity index (χ1v) is 16.2. The number of carbonyl (C=O) groups is 3. The highest BCUT2D eigenvalue weighted by Gasteiger charge is 2.66. The predicted octanol–water partition coefficient (Wildman–Crippen LogP) is 5.21. The van der Waals surface area contributed by atoms with Gasteiger partial charge in [0.05, 0.1) is 16.9 Å². The number of amides is 2. The molecule has 0 spiro atoms. The number of hydrogen-bond donors (Lipinski definition) is 0. The Labute approximate surface area is 232 Å². The molecule has 0 radical (unpaired) electrons. The van der Waals surface area contributed by atoms with Crippen LogP contribution in [0, 0.1) is 22.7 Å². The minimum atomic E-state index is -3.60. The van der Waals surface area contributed by atoms with Crippen LogP contribution in [0.1, 0.15) is 95.4 Å². The van der Waals surface area contributed by atoms with Crippen molar-refractivity contribution in [2.24, 2.45) is 22.7 Å². The Kier molecular flexibility index (Phi) is 7.73. The smallest absolute Gasteiger partial charge is 0.262 e. The fraction of sp³-hybridized carbons (Fsp3) is 0.690. The molecule has 1 aliphatic heterocycles. The summed E-state index contributed by atoms with van der Waals surface area (Å²) in [5.74, 6) is -0.821. The minimum Gasteiger partial charge on any atom is -0.285 e. The molecular formula is C29H42N2O5S2. The maximum Gasteiger partial charge on any atom is 0.262 e. The number of benzene rings is 1. The van der Waals surface area contributed by atoms with Gasteiger partial charge in [-0.2, -0.15) is 4.31 Å². The van der Waals surface area contributed by atoms with E-state index in [0.29, 0.717) is 17.0 Å². The van der Waals surface area contributed by atoms with Crippen molar-refractivity contribution in [3.63, 3.8) is 0 Å². The Morgan fingerprint density at radius 1 is 1.03 bits per heavy atom. The summed E-state index contributed by atoms with van der Waals surface area (Å²) in [6, 6.07) is 5.44. The summed E-state index contributed by atoms with van der Waals surface area (Å²) in [4.78, 5) is 41.6. The van der Waals surface area contributed by atoms with E-state index in [9.17, 15) is 22.8 Å². The standard InChI is InChI=1S/C29H42N2O5S2/c1-17(2)24(30-25(32)21-11-9-10-12-22(21)26(30)33)27(34)37-23-15-20-13-14-29(23,28(20,7)8)16-38(35,36)31(18(3)4)19(5)6/h9-12,17-20,23-24H,13-16H2,1-8H3/t20-,23-,24-,29-/m1/s1. The van der Waals surface area contributed by atoms with E-state index in [1.54, 1.807) is 28.6 Å². The molecule has 1 aromatic carbocycles. The molecule has 0 saturated heterocycles. The average molecular weight is 563 g/mol. The normalized spacial score (nSPS) is 27.3. The van der Waals surface area contributed by atoms with Crippen LogP contribution in [0.4, 0.5) is 0 Å². The lowest BCUT2D eigenvalue weighted by atomic mass is 9.70. The molecule has 4 atom stereocenters. The van der Waals surface area contributed by atoms with Crippen LogP contribution in [-0.2, 0) is 14.8 Å². The maximum absolute atomic E-state index is 14.0. The zero-order chi connectivity index (χ0) is 28.4. The molecule has 2 saturated carbocycles. The van der Waals surface area contributed by atoms with E-state index in [2.05, 4.69) is 13.8 Å². The zero-order valence-corrected chi connectivity index (χ0v) is 25.5. The third kappa shape index (κ3) is 4.46. The van der Waals surface area contributed by atoms with Crippen molar-refractivity contribution in [2.75, 3.05) is 5.75 Å². The van der Waals surface area contributed by atoms with E-state index >= 15 is 0 Å². The molecule has 210 valence electrons. The molecule has 0 aromatic heterocycles. The van der Waals surface area contributed by atoms with Gasteiger partial charge in [-0.15, -0.1) is 0 Å². The molecule has 2 bridgehead atoms. The Morgan fingerprint density at radius 3 is 2.00 bits per heavy atom. The van der Waals surface area contributed by atoms with Crippen LogP contribution >= 0.6 is 11.8 Å². The first-order chi connectivity index (χ1) is 17.6. The summed E-state index contributed by atoms with van der Waals surface area (Å²) in [5.41, 5.74) is -0.165. The second kappa shape index (κ2) is 10.0. The highest BCUT2D eigenvalue weighted by molar-refractivity contribution is 8.14. The van der Waals surface area contributed by atoms with Crippen molar-refractivity contribution in [1.29, 1.82) is 0 Å². The lowest BCUT2D eigenvalue weighted by molar-refractivity contribution is -0.115. The predicted molar refractivity (Wildman–Crippen MR) is 151 cm³/mol. The molecule has 7 nitrogen and oxygen atoms in total. The lowest BCUT2D eigenvalue weighted by Crippen LogP contribution is -2.52. The summed E-state index contributed by atoms with van der Waals surface area (Å²) in [5, 5.41) is -0.430. The summed E-state index contributed by atoms with van der Waals surface area (Å²) in [6.07, 6.45) is 2.45. The topological polar surface area (TPSA) is 91.8 Å². The van der Waals surface area contributed by atoms with E-state index in [-0.39, 0.29) is 39.5 Å². The number of rotatable bonds is 9. The van der Waals surface area contributed by atoms with Crippen LogP contribution in [0.15, 0.2) is 24.3 Å². The largest absolute Gasteiger partial charge is 0.285 e. The lowest BCUT2D eigenvalue weighted by Gasteiger charge is -2.44. The van der Waals surface area contributed by atoms with E-state index in [1.165, 1.54) is 11.8 Å². The van der Waals surface area contributed by atoms with Gasteiger partial charge < -0.3 is 0 Å². The molecule has 0 unspecified atom stereocenters. The van der Waals surface area contributed by atoms with E-state index < -0.39 is 33.3 Å². The molecule has 2 fully saturated rings. The highest BCUT2D eigenvalue weighted by atomic mass is 32.2. The number of carbonyl (C=O) groups excluding carboxylic acids is 3. The van der Waals surface area contributed by atoms with E-state index in [4.69, 9.17) is 0 Å². The van der Waals surface area contributed by atoms with Gasteiger partial charge in [0.2, 0.25) is 15.1 Å². The molecule has 2 amide bonds. The SMILES string of the molecule is CC(C)[C@H](C(=O)S[C@@H]1C[C@H]2CC[C@]1(CS(=O)(=O)N(C(C)C)C(C)C)C2(C)C)N1C(=O)c2ccccc2C1=O. The van der Waals surface area contributed by atoms with Gasteiger partial charge in [0.1, 0.15) is 6.04 Å². The maximum atomic E-state index is 14.0. The van der Waals surface area contributed by atoms with Gasteiger partial charge in [-0.1, -0.05) is 51.6 Å². The first-order valence-electron chi connectivity index (χ1n) is 13.8. The number of hydrogen-bond acceptors (Lipinski definition) is 6. The van der Waals surface area contributed by atoms with Crippen molar-refractivity contribution in [2.45, 2.75) is 98.0 Å². The summed E-state index contributed by atoms with van der Waals surface area (Å²) in [6.45, 7) is 15.6. The van der Waals surface area contributed by atoms with Gasteiger partial charge in [0.15, 0.2) is 0 Å². The summed E-state index contributed by atoms with van der Waals surface area (Å²) >= 11 is 1.18. The highest BCUT2D eigenvalue weighted by Crippen LogP contribution is 2.69. The van der Waals surface area contributed by atoms with Crippen LogP contribution in [0.5, 0.6) is 0 Å². The fourth-order valence-corrected chi connectivity index (χ4v) is 12.3. The van der Waals surface area contributed by atoms with E-state index in [0.717, 1.165) is 24.2 Å². The van der Waals surface area contributed by atoms with Crippen molar-refractivity contribution >= 4 is 38.7 Å². The number of nitrogens with zero attached hydrogens (tertiary/aromatic N) is 2. The monoisotopic (exact) mass is 562 g/mol. The van der Waals surface area contributed by atoms with Crippen LogP contribution in [0.3, 0.4) is 0 Å². The Hall–Kier alpha value is -1.71.